The minimum absolute atomic E-state index is 0.0623. The molecule has 1 atom stereocenters. The fraction of sp³-hybridized carbons (Fsp3) is 0.667. The van der Waals surface area contributed by atoms with Gasteiger partial charge in [0.15, 0.2) is 0 Å². The molecule has 1 aliphatic carbocycles. The standard InChI is InChI=1S/C10H16FNO.C2H6/c1-10(2,13)6-7-3-4-9(12)8(11)5-7;1-2/h4-5,7,13H,3,6,12H2,1-2H3;1-2H3/t7-;/m0./s1. The summed E-state index contributed by atoms with van der Waals surface area (Å²) in [5.74, 6) is -0.298. The Bertz CT molecular complexity index is 251. The third-order valence-electron chi connectivity index (χ3n) is 2.06. The Hall–Kier alpha value is -0.830. The summed E-state index contributed by atoms with van der Waals surface area (Å²) in [5.41, 5.74) is 4.83. The van der Waals surface area contributed by atoms with E-state index in [1.807, 2.05) is 13.8 Å². The van der Waals surface area contributed by atoms with E-state index < -0.39 is 5.60 Å². The molecule has 0 aromatic rings. The van der Waals surface area contributed by atoms with Crippen molar-refractivity contribution in [2.24, 2.45) is 11.7 Å². The molecule has 0 aromatic carbocycles. The maximum atomic E-state index is 13.0. The summed E-state index contributed by atoms with van der Waals surface area (Å²) in [6.45, 7) is 7.45. The van der Waals surface area contributed by atoms with Crippen molar-refractivity contribution in [3.05, 3.63) is 23.7 Å². The molecule has 3 N–H and O–H groups in total. The molecule has 0 unspecified atom stereocenters. The van der Waals surface area contributed by atoms with Crippen molar-refractivity contribution in [1.29, 1.82) is 0 Å². The van der Waals surface area contributed by atoms with E-state index in [9.17, 15) is 9.50 Å². The Labute approximate surface area is 91.7 Å². The Morgan fingerprint density at radius 3 is 2.47 bits per heavy atom. The van der Waals surface area contributed by atoms with Crippen molar-refractivity contribution in [3.63, 3.8) is 0 Å². The number of hydrogen-bond donors (Lipinski definition) is 2. The fourth-order valence-electron chi connectivity index (χ4n) is 1.53. The normalized spacial score (nSPS) is 21.1. The molecule has 15 heavy (non-hydrogen) atoms. The lowest BCUT2D eigenvalue weighted by Crippen LogP contribution is -2.23. The molecule has 0 saturated carbocycles. The first-order chi connectivity index (χ1) is 6.88. The molecule has 0 spiro atoms. The second-order valence-electron chi connectivity index (χ2n) is 4.19. The third-order valence-corrected chi connectivity index (χ3v) is 2.06. The van der Waals surface area contributed by atoms with Crippen molar-refractivity contribution in [1.82, 2.24) is 0 Å². The van der Waals surface area contributed by atoms with Crippen molar-refractivity contribution in [2.75, 3.05) is 0 Å². The zero-order valence-electron chi connectivity index (χ0n) is 10.0. The zero-order valence-corrected chi connectivity index (χ0v) is 10.0. The smallest absolute Gasteiger partial charge is 0.142 e. The van der Waals surface area contributed by atoms with Gasteiger partial charge in [0.1, 0.15) is 5.83 Å². The molecule has 0 heterocycles. The monoisotopic (exact) mass is 215 g/mol. The van der Waals surface area contributed by atoms with Gasteiger partial charge in [-0.25, -0.2) is 4.39 Å². The molecule has 3 heteroatoms. The molecule has 0 saturated heterocycles. The van der Waals surface area contributed by atoms with Crippen LogP contribution in [-0.2, 0) is 0 Å². The number of nitrogens with two attached hydrogens (primary N) is 1. The minimum atomic E-state index is -0.749. The highest BCUT2D eigenvalue weighted by atomic mass is 19.1. The van der Waals surface area contributed by atoms with Gasteiger partial charge in [-0.2, -0.15) is 0 Å². The van der Waals surface area contributed by atoms with E-state index in [0.717, 1.165) is 0 Å². The van der Waals surface area contributed by atoms with Gasteiger partial charge in [0, 0.05) is 0 Å². The van der Waals surface area contributed by atoms with Crippen molar-refractivity contribution >= 4 is 0 Å². The first-order valence-electron chi connectivity index (χ1n) is 5.44. The van der Waals surface area contributed by atoms with Gasteiger partial charge in [-0.05, 0) is 38.7 Å². The van der Waals surface area contributed by atoms with Crippen molar-refractivity contribution in [2.45, 2.75) is 46.1 Å². The van der Waals surface area contributed by atoms with Gasteiger partial charge in [0.25, 0.3) is 0 Å². The van der Waals surface area contributed by atoms with Crippen LogP contribution < -0.4 is 5.73 Å². The molecule has 1 aliphatic rings. The molecule has 88 valence electrons. The maximum absolute atomic E-state index is 13.0. The van der Waals surface area contributed by atoms with E-state index in [0.29, 0.717) is 12.8 Å². The highest BCUT2D eigenvalue weighted by Crippen LogP contribution is 2.27. The summed E-state index contributed by atoms with van der Waals surface area (Å²) in [5, 5.41) is 9.52. The van der Waals surface area contributed by atoms with Gasteiger partial charge in [-0.15, -0.1) is 0 Å². The van der Waals surface area contributed by atoms with Gasteiger partial charge in [0.2, 0.25) is 0 Å². The van der Waals surface area contributed by atoms with Crippen LogP contribution in [0, 0.1) is 5.92 Å². The second-order valence-corrected chi connectivity index (χ2v) is 4.19. The summed E-state index contributed by atoms with van der Waals surface area (Å²) in [4.78, 5) is 0. The molecule has 0 fully saturated rings. The van der Waals surface area contributed by atoms with Gasteiger partial charge in [-0.1, -0.05) is 19.9 Å². The molecule has 0 radical (unpaired) electrons. The average molecular weight is 215 g/mol. The first-order valence-corrected chi connectivity index (χ1v) is 5.44. The summed E-state index contributed by atoms with van der Waals surface area (Å²) in [6, 6.07) is 0. The molecular formula is C12H22FNO. The lowest BCUT2D eigenvalue weighted by molar-refractivity contribution is 0.0590. The average Bonchev–Trinajstić information content (AvgIpc) is 2.12. The van der Waals surface area contributed by atoms with Crippen LogP contribution in [0.2, 0.25) is 0 Å². The molecule has 1 rings (SSSR count). The zero-order chi connectivity index (χ0) is 12.1. The van der Waals surface area contributed by atoms with Crippen LogP contribution in [0.3, 0.4) is 0 Å². The topological polar surface area (TPSA) is 46.2 Å². The fourth-order valence-corrected chi connectivity index (χ4v) is 1.53. The molecule has 0 aliphatic heterocycles. The van der Waals surface area contributed by atoms with E-state index in [1.54, 1.807) is 19.9 Å². The Kier molecular flexibility index (Phi) is 5.58. The maximum Gasteiger partial charge on any atom is 0.142 e. The van der Waals surface area contributed by atoms with E-state index in [-0.39, 0.29) is 17.4 Å². The Morgan fingerprint density at radius 2 is 2.07 bits per heavy atom. The highest BCUT2D eigenvalue weighted by molar-refractivity contribution is 5.26. The van der Waals surface area contributed by atoms with Gasteiger partial charge in [0.05, 0.1) is 11.3 Å². The van der Waals surface area contributed by atoms with Gasteiger partial charge >= 0.3 is 0 Å². The molecule has 0 bridgehead atoms. The summed E-state index contributed by atoms with van der Waals surface area (Å²) in [6.07, 6.45) is 4.44. The summed E-state index contributed by atoms with van der Waals surface area (Å²) < 4.78 is 13.0. The third kappa shape index (κ3) is 5.57. The lowest BCUT2D eigenvalue weighted by atomic mass is 9.88. The molecule has 0 amide bonds. The minimum Gasteiger partial charge on any atom is -0.397 e. The summed E-state index contributed by atoms with van der Waals surface area (Å²) in [7, 11) is 0. The predicted molar refractivity (Wildman–Crippen MR) is 61.8 cm³/mol. The van der Waals surface area contributed by atoms with Crippen LogP contribution >= 0.6 is 0 Å². The van der Waals surface area contributed by atoms with E-state index in [1.165, 1.54) is 6.08 Å². The number of aliphatic hydroxyl groups is 1. The van der Waals surface area contributed by atoms with Crippen LogP contribution in [0.15, 0.2) is 23.7 Å². The van der Waals surface area contributed by atoms with Gasteiger partial charge in [-0.3, -0.25) is 0 Å². The van der Waals surface area contributed by atoms with Crippen LogP contribution in [0.5, 0.6) is 0 Å². The number of halogens is 1. The van der Waals surface area contributed by atoms with Crippen LogP contribution in [0.1, 0.15) is 40.5 Å². The Morgan fingerprint density at radius 1 is 1.53 bits per heavy atom. The number of allylic oxidation sites excluding steroid dienone is 3. The largest absolute Gasteiger partial charge is 0.397 e. The van der Waals surface area contributed by atoms with Crippen LogP contribution in [-0.4, -0.2) is 10.7 Å². The van der Waals surface area contributed by atoms with E-state index in [4.69, 9.17) is 5.73 Å². The van der Waals surface area contributed by atoms with Crippen molar-refractivity contribution in [3.8, 4) is 0 Å². The number of hydrogen-bond acceptors (Lipinski definition) is 2. The van der Waals surface area contributed by atoms with E-state index in [2.05, 4.69) is 0 Å². The quantitative estimate of drug-likeness (QED) is 0.744. The highest BCUT2D eigenvalue weighted by Gasteiger charge is 2.21. The van der Waals surface area contributed by atoms with Gasteiger partial charge < -0.3 is 10.8 Å². The Balaban J connectivity index is 0.000000921. The second kappa shape index (κ2) is 5.91. The van der Waals surface area contributed by atoms with E-state index >= 15 is 0 Å². The van der Waals surface area contributed by atoms with Crippen LogP contribution in [0.4, 0.5) is 4.39 Å². The number of rotatable bonds is 2. The molecule has 0 aromatic heterocycles. The summed E-state index contributed by atoms with van der Waals surface area (Å²) >= 11 is 0. The molecular weight excluding hydrogens is 193 g/mol. The van der Waals surface area contributed by atoms with Crippen molar-refractivity contribution < 1.29 is 9.50 Å². The first kappa shape index (κ1) is 14.2. The lowest BCUT2D eigenvalue weighted by Gasteiger charge is -2.23. The SMILES string of the molecule is CC.CC(C)(O)C[C@@H]1C=C(F)C(N)=CC1. The van der Waals surface area contributed by atoms with Crippen LogP contribution in [0.25, 0.3) is 0 Å². The predicted octanol–water partition coefficient (Wildman–Crippen LogP) is 2.89. The molecule has 2 nitrogen and oxygen atoms in total.